The highest BCUT2D eigenvalue weighted by Gasteiger charge is 2.24. The van der Waals surface area contributed by atoms with Gasteiger partial charge in [-0.1, -0.05) is 24.6 Å². The van der Waals surface area contributed by atoms with Crippen molar-refractivity contribution in [1.82, 2.24) is 5.32 Å². The van der Waals surface area contributed by atoms with Crippen molar-refractivity contribution in [3.05, 3.63) is 50.9 Å². The Kier molecular flexibility index (Phi) is 5.40. The molecule has 1 atom stereocenters. The maximum Gasteiger partial charge on any atom is 0.257 e. The van der Waals surface area contributed by atoms with Gasteiger partial charge in [0.2, 0.25) is 0 Å². The van der Waals surface area contributed by atoms with Crippen LogP contribution in [0.4, 0.5) is 5.00 Å². The van der Waals surface area contributed by atoms with Gasteiger partial charge >= 0.3 is 0 Å². The summed E-state index contributed by atoms with van der Waals surface area (Å²) in [5.74, 6) is 0.394. The van der Waals surface area contributed by atoms with Crippen LogP contribution in [-0.4, -0.2) is 11.0 Å². The van der Waals surface area contributed by atoms with Crippen molar-refractivity contribution in [3.63, 3.8) is 0 Å². The average molecular weight is 384 g/mol. The van der Waals surface area contributed by atoms with Crippen molar-refractivity contribution < 1.29 is 4.79 Å². The molecule has 0 unspecified atom stereocenters. The molecule has 0 bridgehead atoms. The number of rotatable bonds is 2. The highest BCUT2D eigenvalue weighted by molar-refractivity contribution is 7.80. The van der Waals surface area contributed by atoms with Crippen molar-refractivity contribution in [3.8, 4) is 6.07 Å². The summed E-state index contributed by atoms with van der Waals surface area (Å²) in [5, 5.41) is 16.3. The third-order valence-corrected chi connectivity index (χ3v) is 6.08. The van der Waals surface area contributed by atoms with E-state index in [1.807, 2.05) is 26.0 Å². The largest absolute Gasteiger partial charge is 0.323 e. The second-order valence-corrected chi connectivity index (χ2v) is 8.41. The predicted octanol–water partition coefficient (Wildman–Crippen LogP) is 4.49. The Bertz CT molecular complexity index is 924. The summed E-state index contributed by atoms with van der Waals surface area (Å²) in [6.45, 7) is 6.13. The molecule has 1 heterocycles. The zero-order valence-corrected chi connectivity index (χ0v) is 16.7. The Morgan fingerprint density at radius 1 is 1.38 bits per heavy atom. The molecule has 1 aliphatic carbocycles. The minimum atomic E-state index is -0.242. The highest BCUT2D eigenvalue weighted by atomic mass is 32.1. The topological polar surface area (TPSA) is 64.9 Å². The van der Waals surface area contributed by atoms with E-state index in [0.29, 0.717) is 17.0 Å². The molecule has 26 heavy (non-hydrogen) atoms. The van der Waals surface area contributed by atoms with Gasteiger partial charge in [0.25, 0.3) is 5.91 Å². The molecule has 1 aromatic carbocycles. The molecule has 0 saturated heterocycles. The maximum absolute atomic E-state index is 12.5. The van der Waals surface area contributed by atoms with Crippen LogP contribution in [-0.2, 0) is 12.8 Å². The van der Waals surface area contributed by atoms with Crippen LogP contribution < -0.4 is 10.6 Å². The number of carbonyl (C=O) groups excluding carboxylic acids is 1. The number of nitrogens with one attached hydrogen (secondary N) is 2. The van der Waals surface area contributed by atoms with Crippen molar-refractivity contribution in [2.45, 2.75) is 40.0 Å². The SMILES string of the molecule is Cc1ccc(C(=O)NC(=S)Nc2sc3c(c2C#N)CC[C@H](C)C3)c(C)c1. The van der Waals surface area contributed by atoms with Gasteiger partial charge in [0.15, 0.2) is 5.11 Å². The number of hydrogen-bond donors (Lipinski definition) is 2. The van der Waals surface area contributed by atoms with E-state index < -0.39 is 0 Å². The predicted molar refractivity (Wildman–Crippen MR) is 110 cm³/mol. The summed E-state index contributed by atoms with van der Waals surface area (Å²) in [6.07, 6.45) is 3.03. The van der Waals surface area contributed by atoms with Gasteiger partial charge < -0.3 is 5.32 Å². The third-order valence-electron chi connectivity index (χ3n) is 4.70. The number of nitrogens with zero attached hydrogens (tertiary/aromatic N) is 1. The van der Waals surface area contributed by atoms with E-state index >= 15 is 0 Å². The van der Waals surface area contributed by atoms with E-state index in [1.165, 1.54) is 4.88 Å². The molecule has 1 aromatic heterocycles. The Hall–Kier alpha value is -2.23. The second-order valence-electron chi connectivity index (χ2n) is 6.89. The number of aryl methyl sites for hydroxylation is 2. The van der Waals surface area contributed by atoms with E-state index in [1.54, 1.807) is 17.4 Å². The van der Waals surface area contributed by atoms with Crippen LogP contribution in [0, 0.1) is 31.1 Å². The first-order chi connectivity index (χ1) is 12.4. The van der Waals surface area contributed by atoms with Crippen LogP contribution in [0.15, 0.2) is 18.2 Å². The lowest BCUT2D eigenvalue weighted by atomic mass is 9.89. The van der Waals surface area contributed by atoms with E-state index in [4.69, 9.17) is 12.2 Å². The number of benzene rings is 1. The van der Waals surface area contributed by atoms with E-state index in [9.17, 15) is 10.1 Å². The van der Waals surface area contributed by atoms with E-state index in [0.717, 1.165) is 41.0 Å². The van der Waals surface area contributed by atoms with Gasteiger partial charge in [-0.25, -0.2) is 0 Å². The van der Waals surface area contributed by atoms with Crippen molar-refractivity contribution in [1.29, 1.82) is 5.26 Å². The Balaban J connectivity index is 1.74. The number of fused-ring (bicyclic) bond motifs is 1. The molecular weight excluding hydrogens is 362 g/mol. The van der Waals surface area contributed by atoms with Crippen LogP contribution >= 0.6 is 23.6 Å². The standard InChI is InChI=1S/C20H21N3OS2/c1-11-4-6-14(13(3)8-11)18(24)22-20(25)23-19-16(10-21)15-7-5-12(2)9-17(15)26-19/h4,6,8,12H,5,7,9H2,1-3H3,(H2,22,23,24,25)/t12-/m0/s1. The zero-order valence-electron chi connectivity index (χ0n) is 15.1. The first kappa shape index (κ1) is 18.6. The van der Waals surface area contributed by atoms with Gasteiger partial charge in [-0.3, -0.25) is 10.1 Å². The fraction of sp³-hybridized carbons (Fsp3) is 0.350. The van der Waals surface area contributed by atoms with Crippen molar-refractivity contribution in [2.24, 2.45) is 5.92 Å². The molecule has 3 rings (SSSR count). The third kappa shape index (κ3) is 3.79. The lowest BCUT2D eigenvalue weighted by molar-refractivity contribution is 0.0977. The summed E-state index contributed by atoms with van der Waals surface area (Å²) >= 11 is 6.88. The van der Waals surface area contributed by atoms with Gasteiger partial charge in [-0.15, -0.1) is 11.3 Å². The number of amides is 1. The van der Waals surface area contributed by atoms with E-state index in [-0.39, 0.29) is 11.0 Å². The number of carbonyl (C=O) groups is 1. The number of nitriles is 1. The fourth-order valence-corrected chi connectivity index (χ4v) is 4.96. The maximum atomic E-state index is 12.5. The molecule has 0 fully saturated rings. The minimum Gasteiger partial charge on any atom is -0.323 e. The summed E-state index contributed by atoms with van der Waals surface area (Å²) in [4.78, 5) is 13.7. The molecule has 0 radical (unpaired) electrons. The fourth-order valence-electron chi connectivity index (χ4n) is 3.33. The number of anilines is 1. The van der Waals surface area contributed by atoms with Gasteiger partial charge in [0, 0.05) is 10.4 Å². The van der Waals surface area contributed by atoms with Crippen LogP contribution in [0.5, 0.6) is 0 Å². The lowest BCUT2D eigenvalue weighted by Gasteiger charge is -2.17. The zero-order chi connectivity index (χ0) is 18.8. The lowest BCUT2D eigenvalue weighted by Crippen LogP contribution is -2.34. The second kappa shape index (κ2) is 7.56. The summed E-state index contributed by atoms with van der Waals surface area (Å²) in [6, 6.07) is 7.97. The molecule has 0 saturated carbocycles. The number of hydrogen-bond acceptors (Lipinski definition) is 4. The molecule has 2 aromatic rings. The molecule has 1 aliphatic rings. The Morgan fingerprint density at radius 3 is 2.85 bits per heavy atom. The summed E-state index contributed by atoms with van der Waals surface area (Å²) in [7, 11) is 0. The Labute approximate surface area is 163 Å². The normalized spacial score (nSPS) is 15.7. The molecule has 6 heteroatoms. The summed E-state index contributed by atoms with van der Waals surface area (Å²) in [5.41, 5.74) is 4.42. The smallest absolute Gasteiger partial charge is 0.257 e. The number of thiocarbonyl (C=S) groups is 1. The average Bonchev–Trinajstić information content (AvgIpc) is 2.90. The van der Waals surface area contributed by atoms with E-state index in [2.05, 4.69) is 23.6 Å². The van der Waals surface area contributed by atoms with Gasteiger partial charge in [-0.2, -0.15) is 5.26 Å². The van der Waals surface area contributed by atoms with Crippen LogP contribution in [0.3, 0.4) is 0 Å². The Morgan fingerprint density at radius 2 is 2.15 bits per heavy atom. The first-order valence-corrected chi connectivity index (χ1v) is 9.85. The highest BCUT2D eigenvalue weighted by Crippen LogP contribution is 2.39. The molecule has 1 amide bonds. The molecule has 0 aliphatic heterocycles. The number of thiophene rings is 1. The van der Waals surface area contributed by atoms with Gasteiger partial charge in [0.05, 0.1) is 5.56 Å². The van der Waals surface area contributed by atoms with Crippen LogP contribution in [0.25, 0.3) is 0 Å². The molecule has 2 N–H and O–H groups in total. The monoisotopic (exact) mass is 383 g/mol. The first-order valence-electron chi connectivity index (χ1n) is 8.63. The van der Waals surface area contributed by atoms with Crippen molar-refractivity contribution in [2.75, 3.05) is 5.32 Å². The van der Waals surface area contributed by atoms with Crippen molar-refractivity contribution >= 4 is 39.6 Å². The molecule has 0 spiro atoms. The molecular formula is C20H21N3OS2. The molecule has 134 valence electrons. The van der Waals surface area contributed by atoms with Crippen LogP contribution in [0.1, 0.15) is 50.8 Å². The molecule has 4 nitrogen and oxygen atoms in total. The minimum absolute atomic E-state index is 0.220. The van der Waals surface area contributed by atoms with Gasteiger partial charge in [0.1, 0.15) is 11.1 Å². The van der Waals surface area contributed by atoms with Crippen LogP contribution in [0.2, 0.25) is 0 Å². The summed E-state index contributed by atoms with van der Waals surface area (Å²) < 4.78 is 0. The quantitative estimate of drug-likeness (QED) is 0.750. The van der Waals surface area contributed by atoms with Gasteiger partial charge in [-0.05, 0) is 68.4 Å².